The van der Waals surface area contributed by atoms with Crippen LogP contribution in [0.25, 0.3) is 0 Å². The third-order valence-electron chi connectivity index (χ3n) is 2.77. The SMILES string of the molecule is CCCNc1nccc(NCCCCCCSC)n1. The molecule has 0 saturated heterocycles. The number of thioether (sulfide) groups is 1. The van der Waals surface area contributed by atoms with Gasteiger partial charge in [0.05, 0.1) is 0 Å². The Morgan fingerprint density at radius 2 is 1.95 bits per heavy atom. The fourth-order valence-corrected chi connectivity index (χ4v) is 2.21. The van der Waals surface area contributed by atoms with E-state index in [-0.39, 0.29) is 0 Å². The first-order chi connectivity index (χ1) is 9.36. The molecule has 0 aromatic carbocycles. The lowest BCUT2D eigenvalue weighted by atomic mass is 10.2. The predicted molar refractivity (Wildman–Crippen MR) is 86.2 cm³/mol. The van der Waals surface area contributed by atoms with Crippen molar-refractivity contribution < 1.29 is 0 Å². The topological polar surface area (TPSA) is 49.8 Å². The number of hydrogen-bond donors (Lipinski definition) is 2. The zero-order valence-electron chi connectivity index (χ0n) is 12.1. The molecule has 1 heterocycles. The van der Waals surface area contributed by atoms with Gasteiger partial charge in [-0.15, -0.1) is 0 Å². The average Bonchev–Trinajstić information content (AvgIpc) is 2.44. The van der Waals surface area contributed by atoms with E-state index in [1.54, 1.807) is 6.20 Å². The minimum Gasteiger partial charge on any atom is -0.370 e. The van der Waals surface area contributed by atoms with Crippen LogP contribution in [0.4, 0.5) is 11.8 Å². The van der Waals surface area contributed by atoms with E-state index in [0.29, 0.717) is 5.95 Å². The highest BCUT2D eigenvalue weighted by molar-refractivity contribution is 7.98. The summed E-state index contributed by atoms with van der Waals surface area (Å²) in [4.78, 5) is 8.61. The van der Waals surface area contributed by atoms with Crippen LogP contribution >= 0.6 is 11.8 Å². The second-order valence-corrected chi connectivity index (χ2v) is 5.51. The summed E-state index contributed by atoms with van der Waals surface area (Å²) in [7, 11) is 0. The molecule has 0 radical (unpaired) electrons. The van der Waals surface area contributed by atoms with Crippen molar-refractivity contribution in [3.63, 3.8) is 0 Å². The monoisotopic (exact) mass is 282 g/mol. The van der Waals surface area contributed by atoms with Crippen LogP contribution in [0.1, 0.15) is 39.0 Å². The molecule has 1 rings (SSSR count). The molecule has 4 nitrogen and oxygen atoms in total. The quantitative estimate of drug-likeness (QED) is 0.607. The van der Waals surface area contributed by atoms with Crippen molar-refractivity contribution in [3.8, 4) is 0 Å². The molecule has 0 bridgehead atoms. The van der Waals surface area contributed by atoms with E-state index in [1.165, 1.54) is 31.4 Å². The Kier molecular flexibility index (Phi) is 9.23. The van der Waals surface area contributed by atoms with Crippen molar-refractivity contribution in [2.75, 3.05) is 35.7 Å². The van der Waals surface area contributed by atoms with Gasteiger partial charge in [-0.2, -0.15) is 16.7 Å². The first-order valence-corrected chi connectivity index (χ1v) is 8.56. The normalized spacial score (nSPS) is 10.4. The second kappa shape index (κ2) is 10.9. The molecule has 0 aliphatic heterocycles. The molecule has 0 unspecified atom stereocenters. The van der Waals surface area contributed by atoms with E-state index < -0.39 is 0 Å². The third-order valence-corrected chi connectivity index (χ3v) is 3.47. The fourth-order valence-electron chi connectivity index (χ4n) is 1.72. The van der Waals surface area contributed by atoms with Crippen molar-refractivity contribution in [2.45, 2.75) is 39.0 Å². The summed E-state index contributed by atoms with van der Waals surface area (Å²) in [5, 5.41) is 6.55. The van der Waals surface area contributed by atoms with Crippen molar-refractivity contribution in [3.05, 3.63) is 12.3 Å². The smallest absolute Gasteiger partial charge is 0.224 e. The molecule has 0 fully saturated rings. The highest BCUT2D eigenvalue weighted by Gasteiger charge is 1.97. The summed E-state index contributed by atoms with van der Waals surface area (Å²) in [5.74, 6) is 2.91. The average molecular weight is 282 g/mol. The Hall–Kier alpha value is -0.970. The van der Waals surface area contributed by atoms with Crippen LogP contribution in [0.2, 0.25) is 0 Å². The molecule has 108 valence electrons. The lowest BCUT2D eigenvalue weighted by Crippen LogP contribution is -2.08. The van der Waals surface area contributed by atoms with Crippen molar-refractivity contribution >= 4 is 23.5 Å². The van der Waals surface area contributed by atoms with E-state index in [0.717, 1.165) is 25.3 Å². The van der Waals surface area contributed by atoms with Crippen LogP contribution in [-0.2, 0) is 0 Å². The number of hydrogen-bond acceptors (Lipinski definition) is 5. The van der Waals surface area contributed by atoms with Gasteiger partial charge in [0.15, 0.2) is 0 Å². The van der Waals surface area contributed by atoms with Crippen molar-refractivity contribution in [1.29, 1.82) is 0 Å². The van der Waals surface area contributed by atoms with E-state index in [4.69, 9.17) is 0 Å². The molecule has 2 N–H and O–H groups in total. The van der Waals surface area contributed by atoms with Gasteiger partial charge in [-0.25, -0.2) is 4.98 Å². The van der Waals surface area contributed by atoms with Crippen LogP contribution in [-0.4, -0.2) is 35.1 Å². The molecule has 1 aromatic heterocycles. The minimum atomic E-state index is 0.715. The van der Waals surface area contributed by atoms with Crippen LogP contribution in [0, 0.1) is 0 Å². The summed E-state index contributed by atoms with van der Waals surface area (Å²) in [6.45, 7) is 4.04. The number of nitrogens with zero attached hydrogens (tertiary/aromatic N) is 2. The molecular formula is C14H26N4S. The van der Waals surface area contributed by atoms with E-state index in [2.05, 4.69) is 33.8 Å². The highest BCUT2D eigenvalue weighted by atomic mass is 32.2. The maximum absolute atomic E-state index is 4.42. The van der Waals surface area contributed by atoms with Gasteiger partial charge in [0.2, 0.25) is 5.95 Å². The maximum atomic E-state index is 4.42. The molecular weight excluding hydrogens is 256 g/mol. The lowest BCUT2D eigenvalue weighted by Gasteiger charge is -2.07. The number of unbranched alkanes of at least 4 members (excludes halogenated alkanes) is 3. The summed E-state index contributed by atoms with van der Waals surface area (Å²) >= 11 is 1.93. The molecule has 0 spiro atoms. The zero-order valence-corrected chi connectivity index (χ0v) is 12.9. The summed E-state index contributed by atoms with van der Waals surface area (Å²) < 4.78 is 0. The minimum absolute atomic E-state index is 0.715. The van der Waals surface area contributed by atoms with Gasteiger partial charge in [0.25, 0.3) is 0 Å². The first kappa shape index (κ1) is 16.1. The molecule has 19 heavy (non-hydrogen) atoms. The highest BCUT2D eigenvalue weighted by Crippen LogP contribution is 2.08. The van der Waals surface area contributed by atoms with E-state index in [1.807, 2.05) is 17.8 Å². The molecule has 5 heteroatoms. The predicted octanol–water partition coefficient (Wildman–Crippen LogP) is 3.63. The van der Waals surface area contributed by atoms with Gasteiger partial charge >= 0.3 is 0 Å². The van der Waals surface area contributed by atoms with Crippen LogP contribution in [0.5, 0.6) is 0 Å². The Balaban J connectivity index is 2.14. The molecule has 1 aromatic rings. The maximum Gasteiger partial charge on any atom is 0.224 e. The van der Waals surface area contributed by atoms with E-state index in [9.17, 15) is 0 Å². The summed E-state index contributed by atoms with van der Waals surface area (Å²) in [5.41, 5.74) is 0. The largest absolute Gasteiger partial charge is 0.370 e. The summed E-state index contributed by atoms with van der Waals surface area (Å²) in [6.07, 6.45) is 10.2. The lowest BCUT2D eigenvalue weighted by molar-refractivity contribution is 0.688. The fraction of sp³-hybridized carbons (Fsp3) is 0.714. The molecule has 0 aliphatic rings. The van der Waals surface area contributed by atoms with Gasteiger partial charge < -0.3 is 10.6 Å². The van der Waals surface area contributed by atoms with Gasteiger partial charge in [0, 0.05) is 19.3 Å². The van der Waals surface area contributed by atoms with Crippen LogP contribution in [0.15, 0.2) is 12.3 Å². The van der Waals surface area contributed by atoms with Crippen molar-refractivity contribution in [1.82, 2.24) is 9.97 Å². The Morgan fingerprint density at radius 3 is 2.74 bits per heavy atom. The van der Waals surface area contributed by atoms with E-state index >= 15 is 0 Å². The Morgan fingerprint density at radius 1 is 1.11 bits per heavy atom. The molecule has 0 atom stereocenters. The van der Waals surface area contributed by atoms with Gasteiger partial charge in [-0.3, -0.25) is 0 Å². The van der Waals surface area contributed by atoms with Gasteiger partial charge in [-0.05, 0) is 37.3 Å². The number of anilines is 2. The number of aromatic nitrogens is 2. The van der Waals surface area contributed by atoms with Gasteiger partial charge in [-0.1, -0.05) is 19.8 Å². The van der Waals surface area contributed by atoms with Gasteiger partial charge in [0.1, 0.15) is 5.82 Å². The Bertz CT molecular complexity index is 333. The summed E-state index contributed by atoms with van der Waals surface area (Å²) in [6, 6.07) is 1.92. The number of nitrogens with one attached hydrogen (secondary N) is 2. The van der Waals surface area contributed by atoms with Crippen LogP contribution in [0.3, 0.4) is 0 Å². The number of rotatable bonds is 11. The van der Waals surface area contributed by atoms with Crippen molar-refractivity contribution in [2.24, 2.45) is 0 Å². The standard InChI is InChI=1S/C14H26N4S/c1-3-9-16-14-17-11-8-13(18-14)15-10-6-4-5-7-12-19-2/h8,11H,3-7,9-10,12H2,1-2H3,(H2,15,16,17,18). The zero-order chi connectivity index (χ0) is 13.8. The first-order valence-electron chi connectivity index (χ1n) is 7.16. The second-order valence-electron chi connectivity index (χ2n) is 4.53. The molecule has 0 aliphatic carbocycles. The van der Waals surface area contributed by atoms with Crippen LogP contribution < -0.4 is 10.6 Å². The molecule has 0 saturated carbocycles. The third kappa shape index (κ3) is 7.93. The Labute approximate surface area is 121 Å². The molecule has 0 amide bonds.